The van der Waals surface area contributed by atoms with Gasteiger partial charge >= 0.3 is 0 Å². The number of carbonyl (C=O) groups is 1. The lowest BCUT2D eigenvalue weighted by atomic mass is 10.2. The van der Waals surface area contributed by atoms with Crippen molar-refractivity contribution in [2.24, 2.45) is 0 Å². The van der Waals surface area contributed by atoms with E-state index in [1.54, 1.807) is 11.3 Å². The number of thiophene rings is 1. The molecule has 4 rings (SSSR count). The average Bonchev–Trinajstić information content (AvgIpc) is 3.36. The fourth-order valence-corrected chi connectivity index (χ4v) is 4.90. The molecular formula is C18H20N4O2S2. The van der Waals surface area contributed by atoms with E-state index in [4.69, 9.17) is 4.52 Å². The van der Waals surface area contributed by atoms with Gasteiger partial charge in [-0.2, -0.15) is 0 Å². The predicted molar refractivity (Wildman–Crippen MR) is 103 cm³/mol. The third-order valence-electron chi connectivity index (χ3n) is 4.44. The normalized spacial score (nSPS) is 15.5. The lowest BCUT2D eigenvalue weighted by Gasteiger charge is -2.34. The summed E-state index contributed by atoms with van der Waals surface area (Å²) in [6.07, 6.45) is 0. The first kappa shape index (κ1) is 17.4. The van der Waals surface area contributed by atoms with Crippen LogP contribution in [0.15, 0.2) is 28.1 Å². The number of aromatic nitrogens is 2. The molecule has 1 amide bonds. The van der Waals surface area contributed by atoms with Gasteiger partial charge in [-0.3, -0.25) is 9.69 Å². The number of hydrogen-bond acceptors (Lipinski definition) is 7. The van der Waals surface area contributed by atoms with Gasteiger partial charge in [-0.15, -0.1) is 22.7 Å². The first-order valence-electron chi connectivity index (χ1n) is 8.55. The van der Waals surface area contributed by atoms with Crippen molar-refractivity contribution in [2.45, 2.75) is 20.4 Å². The molecule has 4 heterocycles. The number of aryl methyl sites for hydroxylation is 2. The van der Waals surface area contributed by atoms with Gasteiger partial charge in [0.05, 0.1) is 22.8 Å². The molecule has 0 saturated carbocycles. The molecule has 0 spiro atoms. The lowest BCUT2D eigenvalue weighted by molar-refractivity contribution is 0.0621. The highest BCUT2D eigenvalue weighted by molar-refractivity contribution is 7.22. The van der Waals surface area contributed by atoms with E-state index in [-0.39, 0.29) is 5.91 Å². The Kier molecular flexibility index (Phi) is 4.88. The van der Waals surface area contributed by atoms with E-state index >= 15 is 0 Å². The van der Waals surface area contributed by atoms with Crippen LogP contribution in [0.1, 0.15) is 26.8 Å². The standard InChI is InChI=1S/C18H20N4O2S2/c1-12-10-14(24-20-12)11-21-5-7-22(8-6-21)18(23)16-13(2)19-17(26-16)15-4-3-9-25-15/h3-4,9-10H,5-8,11H2,1-2H3. The van der Waals surface area contributed by atoms with Crippen molar-refractivity contribution in [3.63, 3.8) is 0 Å². The van der Waals surface area contributed by atoms with Crippen molar-refractivity contribution in [1.29, 1.82) is 0 Å². The van der Waals surface area contributed by atoms with Gasteiger partial charge in [0.15, 0.2) is 5.76 Å². The van der Waals surface area contributed by atoms with Crippen molar-refractivity contribution < 1.29 is 9.32 Å². The first-order chi connectivity index (χ1) is 12.6. The third-order valence-corrected chi connectivity index (χ3v) is 6.62. The Morgan fingerprint density at radius 1 is 1.27 bits per heavy atom. The molecule has 26 heavy (non-hydrogen) atoms. The Morgan fingerprint density at radius 3 is 2.73 bits per heavy atom. The van der Waals surface area contributed by atoms with Crippen LogP contribution >= 0.6 is 22.7 Å². The Labute approximate surface area is 160 Å². The van der Waals surface area contributed by atoms with E-state index in [0.29, 0.717) is 0 Å². The zero-order valence-corrected chi connectivity index (χ0v) is 16.4. The van der Waals surface area contributed by atoms with Gasteiger partial charge in [0.1, 0.15) is 9.88 Å². The van der Waals surface area contributed by atoms with Crippen LogP contribution in [0.5, 0.6) is 0 Å². The van der Waals surface area contributed by atoms with E-state index in [2.05, 4.69) is 15.0 Å². The number of rotatable bonds is 4. The van der Waals surface area contributed by atoms with Gasteiger partial charge < -0.3 is 9.42 Å². The molecule has 0 aliphatic carbocycles. The maximum Gasteiger partial charge on any atom is 0.265 e. The van der Waals surface area contributed by atoms with Crippen molar-refractivity contribution >= 4 is 28.6 Å². The maximum atomic E-state index is 12.9. The van der Waals surface area contributed by atoms with Crippen LogP contribution in [0.4, 0.5) is 0 Å². The molecular weight excluding hydrogens is 368 g/mol. The minimum atomic E-state index is 0.0953. The van der Waals surface area contributed by atoms with E-state index in [1.165, 1.54) is 11.3 Å². The molecule has 8 heteroatoms. The minimum absolute atomic E-state index is 0.0953. The molecule has 136 valence electrons. The first-order valence-corrected chi connectivity index (χ1v) is 10.2. The second kappa shape index (κ2) is 7.30. The summed E-state index contributed by atoms with van der Waals surface area (Å²) in [6.45, 7) is 7.69. The molecule has 1 aliphatic rings. The van der Waals surface area contributed by atoms with Crippen LogP contribution in [-0.4, -0.2) is 52.0 Å². The van der Waals surface area contributed by atoms with Crippen LogP contribution in [-0.2, 0) is 6.54 Å². The smallest absolute Gasteiger partial charge is 0.265 e. The highest BCUT2D eigenvalue weighted by atomic mass is 32.1. The van der Waals surface area contributed by atoms with E-state index in [0.717, 1.165) is 64.6 Å². The Bertz CT molecular complexity index is 892. The quantitative estimate of drug-likeness (QED) is 0.685. The van der Waals surface area contributed by atoms with Crippen molar-refractivity contribution in [3.05, 3.63) is 45.6 Å². The van der Waals surface area contributed by atoms with Gasteiger partial charge in [0.25, 0.3) is 5.91 Å². The van der Waals surface area contributed by atoms with E-state index in [9.17, 15) is 4.79 Å². The average molecular weight is 389 g/mol. The zero-order valence-electron chi connectivity index (χ0n) is 14.8. The van der Waals surface area contributed by atoms with Gasteiger partial charge in [-0.1, -0.05) is 11.2 Å². The minimum Gasteiger partial charge on any atom is -0.360 e. The van der Waals surface area contributed by atoms with Crippen molar-refractivity contribution in [2.75, 3.05) is 26.2 Å². The molecule has 0 atom stereocenters. The number of thiazole rings is 1. The summed E-state index contributed by atoms with van der Waals surface area (Å²) >= 11 is 3.15. The SMILES string of the molecule is Cc1cc(CN2CCN(C(=O)c3sc(-c4cccs4)nc3C)CC2)on1. The van der Waals surface area contributed by atoms with Crippen LogP contribution < -0.4 is 0 Å². The molecule has 6 nitrogen and oxygen atoms in total. The molecule has 3 aromatic heterocycles. The fraction of sp³-hybridized carbons (Fsp3) is 0.389. The van der Waals surface area contributed by atoms with Gasteiger partial charge in [-0.25, -0.2) is 4.98 Å². The van der Waals surface area contributed by atoms with Crippen molar-refractivity contribution in [1.82, 2.24) is 19.9 Å². The van der Waals surface area contributed by atoms with Crippen LogP contribution in [0.2, 0.25) is 0 Å². The predicted octanol–water partition coefficient (Wildman–Crippen LogP) is 3.43. The molecule has 0 bridgehead atoms. The largest absolute Gasteiger partial charge is 0.360 e. The van der Waals surface area contributed by atoms with E-state index < -0.39 is 0 Å². The fourth-order valence-electron chi connectivity index (χ4n) is 3.06. The van der Waals surface area contributed by atoms with Crippen molar-refractivity contribution in [3.8, 4) is 9.88 Å². The second-order valence-electron chi connectivity index (χ2n) is 6.41. The topological polar surface area (TPSA) is 62.5 Å². The zero-order chi connectivity index (χ0) is 18.1. The summed E-state index contributed by atoms with van der Waals surface area (Å²) in [5.74, 6) is 0.971. The molecule has 1 saturated heterocycles. The number of amides is 1. The Morgan fingerprint density at radius 2 is 2.08 bits per heavy atom. The highest BCUT2D eigenvalue weighted by Gasteiger charge is 2.26. The summed E-state index contributed by atoms with van der Waals surface area (Å²) in [7, 11) is 0. The summed E-state index contributed by atoms with van der Waals surface area (Å²) in [5.41, 5.74) is 1.72. The maximum absolute atomic E-state index is 12.9. The van der Waals surface area contributed by atoms with E-state index in [1.807, 2.05) is 42.3 Å². The molecule has 0 unspecified atom stereocenters. The molecule has 0 aromatic carbocycles. The lowest BCUT2D eigenvalue weighted by Crippen LogP contribution is -2.48. The highest BCUT2D eigenvalue weighted by Crippen LogP contribution is 2.31. The second-order valence-corrected chi connectivity index (χ2v) is 8.36. The molecule has 0 radical (unpaired) electrons. The number of nitrogens with zero attached hydrogens (tertiary/aromatic N) is 4. The Hall–Kier alpha value is -2.03. The summed E-state index contributed by atoms with van der Waals surface area (Å²) < 4.78 is 5.29. The van der Waals surface area contributed by atoms with Gasteiger partial charge in [-0.05, 0) is 25.3 Å². The number of carbonyl (C=O) groups excluding carboxylic acids is 1. The summed E-state index contributed by atoms with van der Waals surface area (Å²) in [5, 5.41) is 6.89. The molecule has 1 fully saturated rings. The van der Waals surface area contributed by atoms with Gasteiger partial charge in [0.2, 0.25) is 0 Å². The Balaban J connectivity index is 1.39. The molecule has 0 N–H and O–H groups in total. The van der Waals surface area contributed by atoms with Crippen LogP contribution in [0.25, 0.3) is 9.88 Å². The monoisotopic (exact) mass is 388 g/mol. The third kappa shape index (κ3) is 3.58. The van der Waals surface area contributed by atoms with Crippen LogP contribution in [0.3, 0.4) is 0 Å². The molecule has 1 aliphatic heterocycles. The number of hydrogen-bond donors (Lipinski definition) is 0. The number of piperazine rings is 1. The summed E-state index contributed by atoms with van der Waals surface area (Å²) in [4.78, 5) is 23.6. The van der Waals surface area contributed by atoms with Gasteiger partial charge in [0, 0.05) is 32.2 Å². The van der Waals surface area contributed by atoms with Crippen LogP contribution in [0, 0.1) is 13.8 Å². The summed E-state index contributed by atoms with van der Waals surface area (Å²) in [6, 6.07) is 6.01. The molecule has 3 aromatic rings.